The molecule has 112 valence electrons. The minimum Gasteiger partial charge on any atom is -0.497 e. The zero-order valence-corrected chi connectivity index (χ0v) is 14.2. The first kappa shape index (κ1) is 16.2. The van der Waals surface area contributed by atoms with Crippen molar-refractivity contribution in [3.05, 3.63) is 59.1 Å². The minimum absolute atomic E-state index is 0.391. The molecule has 21 heavy (non-hydrogen) atoms. The summed E-state index contributed by atoms with van der Waals surface area (Å²) >= 11 is 9.61. The lowest BCUT2D eigenvalue weighted by molar-refractivity contribution is 0.301. The Morgan fingerprint density at radius 1 is 1.10 bits per heavy atom. The van der Waals surface area contributed by atoms with Crippen LogP contribution in [-0.4, -0.2) is 19.0 Å². The minimum atomic E-state index is 0.391. The summed E-state index contributed by atoms with van der Waals surface area (Å²) in [6.45, 7) is 0.662. The van der Waals surface area contributed by atoms with Crippen molar-refractivity contribution in [3.63, 3.8) is 0 Å². The van der Waals surface area contributed by atoms with Crippen molar-refractivity contribution in [2.24, 2.45) is 0 Å². The van der Waals surface area contributed by atoms with Gasteiger partial charge in [0.2, 0.25) is 0 Å². The first-order valence-corrected chi connectivity index (χ1v) is 8.31. The summed E-state index contributed by atoms with van der Waals surface area (Å²) < 4.78 is 10.9. The lowest BCUT2D eigenvalue weighted by atomic mass is 9.98. The number of alkyl halides is 1. The van der Waals surface area contributed by atoms with Crippen molar-refractivity contribution >= 4 is 27.5 Å². The average Bonchev–Trinajstić information content (AvgIpc) is 2.52. The predicted octanol–water partition coefficient (Wildman–Crippen LogP) is 5.30. The van der Waals surface area contributed by atoms with Gasteiger partial charge in [0, 0.05) is 10.4 Å². The van der Waals surface area contributed by atoms with E-state index in [9.17, 15) is 0 Å². The molecule has 0 fully saturated rings. The molecule has 2 nitrogen and oxygen atoms in total. The summed E-state index contributed by atoms with van der Waals surface area (Å²) in [6.07, 6.45) is 0.928. The van der Waals surface area contributed by atoms with Gasteiger partial charge in [0.15, 0.2) is 0 Å². The lowest BCUT2D eigenvalue weighted by Crippen LogP contribution is -2.07. The van der Waals surface area contributed by atoms with Gasteiger partial charge >= 0.3 is 0 Å². The maximum absolute atomic E-state index is 6.05. The van der Waals surface area contributed by atoms with Gasteiger partial charge in [-0.3, -0.25) is 0 Å². The molecule has 0 saturated carbocycles. The van der Waals surface area contributed by atoms with Crippen LogP contribution >= 0.6 is 27.5 Å². The summed E-state index contributed by atoms with van der Waals surface area (Å²) in [4.78, 5) is 0. The molecule has 4 heteroatoms. The summed E-state index contributed by atoms with van der Waals surface area (Å²) in [5, 5.41) is 1.66. The first-order valence-electron chi connectivity index (χ1n) is 6.81. The smallest absolute Gasteiger partial charge is 0.119 e. The molecular formula is C17H18BrClO2. The van der Waals surface area contributed by atoms with E-state index in [1.807, 2.05) is 42.5 Å². The summed E-state index contributed by atoms with van der Waals surface area (Å²) in [5.74, 6) is 2.08. The molecule has 2 aromatic carbocycles. The molecule has 2 aromatic rings. The van der Waals surface area contributed by atoms with E-state index >= 15 is 0 Å². The van der Waals surface area contributed by atoms with Crippen LogP contribution in [0, 0.1) is 0 Å². The molecule has 0 saturated heterocycles. The van der Waals surface area contributed by atoms with Crippen LogP contribution in [0.2, 0.25) is 5.02 Å². The van der Waals surface area contributed by atoms with Gasteiger partial charge in [0.25, 0.3) is 0 Å². The van der Waals surface area contributed by atoms with Gasteiger partial charge in [0.05, 0.1) is 13.7 Å². The van der Waals surface area contributed by atoms with Gasteiger partial charge in [0.1, 0.15) is 11.5 Å². The van der Waals surface area contributed by atoms with E-state index in [1.54, 1.807) is 7.11 Å². The van der Waals surface area contributed by atoms with Crippen LogP contribution in [0.25, 0.3) is 0 Å². The van der Waals surface area contributed by atoms with Crippen molar-refractivity contribution in [1.82, 2.24) is 0 Å². The van der Waals surface area contributed by atoms with Gasteiger partial charge in [-0.2, -0.15) is 0 Å². The predicted molar refractivity (Wildman–Crippen MR) is 91.1 cm³/mol. The Kier molecular flexibility index (Phi) is 6.40. The second kappa shape index (κ2) is 8.30. The Morgan fingerprint density at radius 3 is 2.43 bits per heavy atom. The molecule has 0 aliphatic rings. The Bertz CT molecular complexity index is 557. The first-order chi connectivity index (χ1) is 10.2. The number of ether oxygens (including phenoxy) is 2. The largest absolute Gasteiger partial charge is 0.497 e. The van der Waals surface area contributed by atoms with Gasteiger partial charge in [-0.15, -0.1) is 0 Å². The Labute approximate surface area is 139 Å². The maximum Gasteiger partial charge on any atom is 0.119 e. The monoisotopic (exact) mass is 368 g/mol. The van der Waals surface area contributed by atoms with Gasteiger partial charge < -0.3 is 9.47 Å². The summed E-state index contributed by atoms with van der Waals surface area (Å²) in [7, 11) is 1.65. The third-order valence-corrected chi connectivity index (χ3v) is 4.32. The fourth-order valence-corrected chi connectivity index (χ4v) is 2.98. The fraction of sp³-hybridized carbons (Fsp3) is 0.294. The molecule has 0 spiro atoms. The van der Waals surface area contributed by atoms with Gasteiger partial charge in [-0.25, -0.2) is 0 Å². The highest BCUT2D eigenvalue weighted by Gasteiger charge is 2.11. The Balaban J connectivity index is 1.88. The van der Waals surface area contributed by atoms with E-state index in [0.717, 1.165) is 28.3 Å². The normalized spacial score (nSPS) is 12.0. The third-order valence-electron chi connectivity index (χ3n) is 3.30. The molecular weight excluding hydrogens is 352 g/mol. The molecule has 1 unspecified atom stereocenters. The van der Waals surface area contributed by atoms with Crippen molar-refractivity contribution < 1.29 is 9.47 Å². The van der Waals surface area contributed by atoms with Crippen molar-refractivity contribution in [1.29, 1.82) is 0 Å². The zero-order valence-electron chi connectivity index (χ0n) is 11.9. The molecule has 0 aromatic heterocycles. The molecule has 0 N–H and O–H groups in total. The highest BCUT2D eigenvalue weighted by molar-refractivity contribution is 9.09. The topological polar surface area (TPSA) is 18.5 Å². The quantitative estimate of drug-likeness (QED) is 0.617. The van der Waals surface area contributed by atoms with Gasteiger partial charge in [-0.05, 0) is 54.3 Å². The van der Waals surface area contributed by atoms with E-state index < -0.39 is 0 Å². The molecule has 0 aliphatic heterocycles. The molecule has 0 amide bonds. The van der Waals surface area contributed by atoms with Crippen LogP contribution in [0.5, 0.6) is 11.5 Å². The number of hydrogen-bond donors (Lipinski definition) is 0. The van der Waals surface area contributed by atoms with E-state index in [4.69, 9.17) is 21.1 Å². The van der Waals surface area contributed by atoms with Crippen LogP contribution in [-0.2, 0) is 0 Å². The van der Waals surface area contributed by atoms with Crippen LogP contribution in [0.4, 0.5) is 0 Å². The highest BCUT2D eigenvalue weighted by atomic mass is 79.9. The number of rotatable bonds is 7. The zero-order chi connectivity index (χ0) is 15.1. The van der Waals surface area contributed by atoms with Crippen LogP contribution in [0.1, 0.15) is 17.9 Å². The summed E-state index contributed by atoms with van der Waals surface area (Å²) in [6, 6.07) is 15.6. The molecule has 0 bridgehead atoms. The SMILES string of the molecule is COc1ccc(OCCC(CBr)c2cccc(Cl)c2)cc1. The second-order valence-corrected chi connectivity index (χ2v) is 5.80. The molecule has 0 radical (unpaired) electrons. The van der Waals surface area contributed by atoms with E-state index in [2.05, 4.69) is 22.0 Å². The van der Waals surface area contributed by atoms with Crippen molar-refractivity contribution in [2.45, 2.75) is 12.3 Å². The van der Waals surface area contributed by atoms with Gasteiger partial charge in [-0.1, -0.05) is 39.7 Å². The number of halogens is 2. The maximum atomic E-state index is 6.05. The number of benzene rings is 2. The van der Waals surface area contributed by atoms with Crippen molar-refractivity contribution in [2.75, 3.05) is 19.0 Å². The van der Waals surface area contributed by atoms with E-state index in [1.165, 1.54) is 5.56 Å². The standard InChI is InChI=1S/C17H18BrClO2/c1-20-16-5-7-17(8-6-16)21-10-9-14(12-18)13-3-2-4-15(19)11-13/h2-8,11,14H,9-10,12H2,1H3. The van der Waals surface area contributed by atoms with Crippen molar-refractivity contribution in [3.8, 4) is 11.5 Å². The third kappa shape index (κ3) is 4.94. The molecule has 2 rings (SSSR count). The van der Waals surface area contributed by atoms with Crippen LogP contribution in [0.15, 0.2) is 48.5 Å². The second-order valence-electron chi connectivity index (χ2n) is 4.72. The Morgan fingerprint density at radius 2 is 1.81 bits per heavy atom. The number of hydrogen-bond acceptors (Lipinski definition) is 2. The molecule has 1 atom stereocenters. The summed E-state index contributed by atoms with van der Waals surface area (Å²) in [5.41, 5.74) is 1.23. The highest BCUT2D eigenvalue weighted by Crippen LogP contribution is 2.25. The van der Waals surface area contributed by atoms with E-state index in [0.29, 0.717) is 12.5 Å². The fourth-order valence-electron chi connectivity index (χ4n) is 2.08. The van der Waals surface area contributed by atoms with E-state index in [-0.39, 0.29) is 0 Å². The lowest BCUT2D eigenvalue weighted by Gasteiger charge is -2.15. The Hall–Kier alpha value is -1.19. The van der Waals surface area contributed by atoms with Crippen LogP contribution < -0.4 is 9.47 Å². The average molecular weight is 370 g/mol. The number of methoxy groups -OCH3 is 1. The molecule has 0 heterocycles. The van der Waals surface area contributed by atoms with Crippen LogP contribution in [0.3, 0.4) is 0 Å². The molecule has 0 aliphatic carbocycles.